The van der Waals surface area contributed by atoms with E-state index < -0.39 is 35.5 Å². The second-order valence-corrected chi connectivity index (χ2v) is 5.46. The normalized spacial score (nSPS) is 17.9. The van der Waals surface area contributed by atoms with E-state index in [1.807, 2.05) is 0 Å². The van der Waals surface area contributed by atoms with Gasteiger partial charge in [-0.15, -0.1) is 0 Å². The molecule has 0 aromatic heterocycles. The summed E-state index contributed by atoms with van der Waals surface area (Å²) in [4.78, 5) is 34.0. The van der Waals surface area contributed by atoms with E-state index in [9.17, 15) is 32.9 Å². The van der Waals surface area contributed by atoms with Crippen molar-refractivity contribution in [3.63, 3.8) is 0 Å². The zero-order valence-corrected chi connectivity index (χ0v) is 12.4. The molecule has 0 unspecified atom stereocenters. The number of amides is 2. The molecule has 1 saturated heterocycles. The molecular weight excluding hydrogens is 331 g/mol. The summed E-state index contributed by atoms with van der Waals surface area (Å²) in [6, 6.07) is 4.69. The van der Waals surface area contributed by atoms with E-state index in [0.717, 1.165) is 0 Å². The molecule has 1 fully saturated rings. The summed E-state index contributed by atoms with van der Waals surface area (Å²) in [7, 11) is 0. The first-order valence-corrected chi connectivity index (χ1v) is 7.01. The molecule has 1 aromatic rings. The molecule has 0 radical (unpaired) electrons. The van der Waals surface area contributed by atoms with Crippen LogP contribution in [-0.4, -0.2) is 46.9 Å². The summed E-state index contributed by atoms with van der Waals surface area (Å²) in [6.07, 6.45) is -4.74. The topological polar surface area (TPSA) is 92.5 Å². The first-order valence-electron chi connectivity index (χ1n) is 7.01. The van der Waals surface area contributed by atoms with Crippen molar-refractivity contribution < 1.29 is 27.7 Å². The molecule has 1 N–H and O–H groups in total. The largest absolute Gasteiger partial charge is 0.406 e. The zero-order valence-electron chi connectivity index (χ0n) is 12.4. The Hall–Kier alpha value is -2.65. The van der Waals surface area contributed by atoms with Gasteiger partial charge in [0.2, 0.25) is 11.8 Å². The maximum absolute atomic E-state index is 12.3. The second kappa shape index (κ2) is 6.85. The molecule has 0 spiro atoms. The van der Waals surface area contributed by atoms with Crippen molar-refractivity contribution in [1.29, 1.82) is 0 Å². The monoisotopic (exact) mass is 345 g/mol. The van der Waals surface area contributed by atoms with Gasteiger partial charge in [-0.3, -0.25) is 19.7 Å². The molecule has 0 bridgehead atoms. The molecule has 1 aromatic carbocycles. The van der Waals surface area contributed by atoms with Gasteiger partial charge in [-0.2, -0.15) is 13.2 Å². The van der Waals surface area contributed by atoms with Gasteiger partial charge in [-0.1, -0.05) is 12.1 Å². The first-order chi connectivity index (χ1) is 11.1. The summed E-state index contributed by atoms with van der Waals surface area (Å²) in [5.74, 6) is -1.12. The van der Waals surface area contributed by atoms with Gasteiger partial charge in [0.25, 0.3) is 5.69 Å². The number of benzene rings is 1. The Morgan fingerprint density at radius 3 is 2.50 bits per heavy atom. The van der Waals surface area contributed by atoms with Crippen LogP contribution >= 0.6 is 0 Å². The summed E-state index contributed by atoms with van der Waals surface area (Å²) in [5, 5.41) is 13.0. The molecule has 1 heterocycles. The maximum Gasteiger partial charge on any atom is 0.406 e. The third-order valence-corrected chi connectivity index (χ3v) is 3.46. The lowest BCUT2D eigenvalue weighted by molar-refractivity contribution is -0.384. The Balaban J connectivity index is 1.86. The van der Waals surface area contributed by atoms with Crippen LogP contribution in [0.4, 0.5) is 18.9 Å². The van der Waals surface area contributed by atoms with Gasteiger partial charge in [0.1, 0.15) is 6.54 Å². The van der Waals surface area contributed by atoms with Gasteiger partial charge >= 0.3 is 6.18 Å². The molecule has 1 aliphatic rings. The van der Waals surface area contributed by atoms with E-state index in [-0.39, 0.29) is 25.1 Å². The maximum atomic E-state index is 12.3. The molecule has 2 amide bonds. The highest BCUT2D eigenvalue weighted by Crippen LogP contribution is 2.21. The van der Waals surface area contributed by atoms with Crippen molar-refractivity contribution in [2.24, 2.45) is 0 Å². The highest BCUT2D eigenvalue weighted by Gasteiger charge is 2.38. The van der Waals surface area contributed by atoms with Crippen molar-refractivity contribution in [3.8, 4) is 0 Å². The minimum Gasteiger partial charge on any atom is -0.351 e. The fourth-order valence-corrected chi connectivity index (χ4v) is 2.44. The summed E-state index contributed by atoms with van der Waals surface area (Å²) in [5.41, 5.74) is 0.415. The van der Waals surface area contributed by atoms with Gasteiger partial charge in [0.15, 0.2) is 0 Å². The van der Waals surface area contributed by atoms with E-state index >= 15 is 0 Å². The first kappa shape index (κ1) is 17.7. The van der Waals surface area contributed by atoms with Crippen molar-refractivity contribution in [3.05, 3.63) is 39.9 Å². The highest BCUT2D eigenvalue weighted by molar-refractivity contribution is 5.83. The highest BCUT2D eigenvalue weighted by atomic mass is 19.4. The molecular formula is C14H14F3N3O4. The number of nitrogens with zero attached hydrogens (tertiary/aromatic N) is 2. The third kappa shape index (κ3) is 4.93. The van der Waals surface area contributed by atoms with Crippen LogP contribution in [0.25, 0.3) is 0 Å². The lowest BCUT2D eigenvalue weighted by Gasteiger charge is -2.18. The molecule has 1 aliphatic heterocycles. The van der Waals surface area contributed by atoms with Crippen LogP contribution in [0, 0.1) is 10.1 Å². The number of halogens is 3. The average molecular weight is 345 g/mol. The predicted molar refractivity (Wildman–Crippen MR) is 76.0 cm³/mol. The summed E-state index contributed by atoms with van der Waals surface area (Å²) in [6.45, 7) is -1.52. The van der Waals surface area contributed by atoms with Gasteiger partial charge in [-0.25, -0.2) is 0 Å². The number of nitro benzene ring substituents is 1. The van der Waals surface area contributed by atoms with Crippen molar-refractivity contribution in [1.82, 2.24) is 10.2 Å². The number of hydrogen-bond acceptors (Lipinski definition) is 4. The van der Waals surface area contributed by atoms with E-state index in [2.05, 4.69) is 5.32 Å². The van der Waals surface area contributed by atoms with E-state index in [0.29, 0.717) is 10.5 Å². The van der Waals surface area contributed by atoms with Gasteiger partial charge in [-0.05, 0) is 5.56 Å². The fourth-order valence-electron chi connectivity index (χ4n) is 2.44. The Morgan fingerprint density at radius 2 is 1.96 bits per heavy atom. The molecule has 130 valence electrons. The average Bonchev–Trinajstić information content (AvgIpc) is 2.76. The van der Waals surface area contributed by atoms with Gasteiger partial charge in [0.05, 0.1) is 17.4 Å². The Bertz CT molecular complexity index is 646. The van der Waals surface area contributed by atoms with Crippen molar-refractivity contribution in [2.45, 2.75) is 25.1 Å². The smallest absolute Gasteiger partial charge is 0.351 e. The second-order valence-electron chi connectivity index (χ2n) is 5.46. The Labute approximate surface area is 134 Å². The standard InChI is InChI=1S/C14H14F3N3O4/c15-14(16,17)8-19-7-10(6-13(19)22)18-12(21)5-9-1-3-11(4-2-9)20(23)24/h1-4,10H,5-8H2,(H,18,21)/t10-/m0/s1. The zero-order chi connectivity index (χ0) is 17.9. The number of non-ortho nitro benzene ring substituents is 1. The SMILES string of the molecule is O=C(Cc1ccc([N+](=O)[O-])cc1)N[C@H]1CC(=O)N(CC(F)(F)F)C1. The van der Waals surface area contributed by atoms with Crippen LogP contribution in [0.3, 0.4) is 0 Å². The number of carbonyl (C=O) groups is 2. The van der Waals surface area contributed by atoms with Crippen molar-refractivity contribution >= 4 is 17.5 Å². The van der Waals surface area contributed by atoms with Crippen LogP contribution in [-0.2, 0) is 16.0 Å². The Kier molecular flexibility index (Phi) is 5.05. The third-order valence-electron chi connectivity index (χ3n) is 3.46. The number of nitrogens with one attached hydrogen (secondary N) is 1. The van der Waals surface area contributed by atoms with Gasteiger partial charge in [0, 0.05) is 25.1 Å². The molecule has 2 rings (SSSR count). The minimum absolute atomic E-state index is 0.0814. The van der Waals surface area contributed by atoms with Crippen LogP contribution in [0.5, 0.6) is 0 Å². The van der Waals surface area contributed by atoms with E-state index in [1.54, 1.807) is 0 Å². The van der Waals surface area contributed by atoms with E-state index in [4.69, 9.17) is 0 Å². The molecule has 7 nitrogen and oxygen atoms in total. The fraction of sp³-hybridized carbons (Fsp3) is 0.429. The molecule has 24 heavy (non-hydrogen) atoms. The van der Waals surface area contributed by atoms with Crippen molar-refractivity contribution in [2.75, 3.05) is 13.1 Å². The molecule has 10 heteroatoms. The number of carbonyl (C=O) groups excluding carboxylic acids is 2. The van der Waals surface area contributed by atoms with Crippen LogP contribution < -0.4 is 5.32 Å². The minimum atomic E-state index is -4.48. The van der Waals surface area contributed by atoms with Gasteiger partial charge < -0.3 is 10.2 Å². The number of likely N-dealkylation sites (tertiary alicyclic amines) is 1. The number of hydrogen-bond donors (Lipinski definition) is 1. The molecule has 1 atom stereocenters. The molecule has 0 aliphatic carbocycles. The molecule has 0 saturated carbocycles. The van der Waals surface area contributed by atoms with Crippen LogP contribution in [0.1, 0.15) is 12.0 Å². The van der Waals surface area contributed by atoms with Crippen LogP contribution in [0.15, 0.2) is 24.3 Å². The number of alkyl halides is 3. The van der Waals surface area contributed by atoms with Crippen LogP contribution in [0.2, 0.25) is 0 Å². The van der Waals surface area contributed by atoms with E-state index in [1.165, 1.54) is 24.3 Å². The lowest BCUT2D eigenvalue weighted by Crippen LogP contribution is -2.40. The lowest BCUT2D eigenvalue weighted by atomic mass is 10.1. The Morgan fingerprint density at radius 1 is 1.33 bits per heavy atom. The number of nitro groups is 1. The quantitative estimate of drug-likeness (QED) is 0.645. The summed E-state index contributed by atoms with van der Waals surface area (Å²) >= 11 is 0. The summed E-state index contributed by atoms with van der Waals surface area (Å²) < 4.78 is 37.0. The predicted octanol–water partition coefficient (Wildman–Crippen LogP) is 1.42. The number of rotatable bonds is 5.